The smallest absolute Gasteiger partial charge is 0.0594 e. The van der Waals surface area contributed by atoms with Crippen LogP contribution in [0.3, 0.4) is 0 Å². The van der Waals surface area contributed by atoms with Crippen LogP contribution in [0.1, 0.15) is 161 Å². The minimum absolute atomic E-state index is 0.287. The molecule has 3 fully saturated rings. The second kappa shape index (κ2) is 35.7. The number of likely N-dealkylation sites (tertiary alicyclic amines) is 1. The molecule has 3 saturated heterocycles. The number of hydrogen-bond donors (Lipinski definition) is 1. The summed E-state index contributed by atoms with van der Waals surface area (Å²) in [7, 11) is 2.21. The SMILES string of the molecule is CC(C)CCN1CCCCC1.CC(C)CCN1CCN(C)CC1.CC(C)CCN1CCOCC1.CC(C)CCNC(C)(C)C.CCC#CCCC(C)C. The average molecular weight is 750 g/mol. The molecule has 3 heterocycles. The molecular formula is C47H99N5O. The molecule has 3 aliphatic heterocycles. The maximum absolute atomic E-state index is 5.26. The van der Waals surface area contributed by atoms with E-state index in [1.807, 2.05) is 0 Å². The summed E-state index contributed by atoms with van der Waals surface area (Å²) in [5.74, 6) is 10.3. The van der Waals surface area contributed by atoms with Crippen LogP contribution in [0.4, 0.5) is 0 Å². The minimum atomic E-state index is 0.287. The molecule has 0 bridgehead atoms. The van der Waals surface area contributed by atoms with Crippen molar-refractivity contribution >= 4 is 0 Å². The molecule has 0 spiro atoms. The molecule has 0 aromatic carbocycles. The molecule has 0 atom stereocenters. The van der Waals surface area contributed by atoms with Crippen molar-refractivity contribution in [3.8, 4) is 11.8 Å². The van der Waals surface area contributed by atoms with E-state index in [1.54, 1.807) is 0 Å². The van der Waals surface area contributed by atoms with Crippen LogP contribution in [0, 0.1) is 41.4 Å². The summed E-state index contributed by atoms with van der Waals surface area (Å²) in [6.45, 7) is 48.3. The van der Waals surface area contributed by atoms with Crippen LogP contribution < -0.4 is 5.32 Å². The Morgan fingerprint density at radius 3 is 1.34 bits per heavy atom. The van der Waals surface area contributed by atoms with Gasteiger partial charge in [0.15, 0.2) is 0 Å². The molecule has 0 aromatic heterocycles. The zero-order valence-electron chi connectivity index (χ0n) is 39.1. The molecule has 0 saturated carbocycles. The van der Waals surface area contributed by atoms with E-state index >= 15 is 0 Å². The lowest BCUT2D eigenvalue weighted by molar-refractivity contribution is 0.0360. The molecule has 6 nitrogen and oxygen atoms in total. The molecule has 1 N–H and O–H groups in total. The number of hydrogen-bond acceptors (Lipinski definition) is 6. The number of morpholine rings is 1. The minimum Gasteiger partial charge on any atom is -0.379 e. The first-order chi connectivity index (χ1) is 24.9. The van der Waals surface area contributed by atoms with Crippen LogP contribution in [0.2, 0.25) is 0 Å². The Labute approximate surface area is 335 Å². The molecule has 0 aromatic rings. The summed E-state index contributed by atoms with van der Waals surface area (Å²) in [6, 6.07) is 0. The van der Waals surface area contributed by atoms with Gasteiger partial charge in [-0.2, -0.15) is 0 Å². The maximum atomic E-state index is 5.26. The Balaban J connectivity index is 0. The van der Waals surface area contributed by atoms with Gasteiger partial charge in [0.2, 0.25) is 0 Å². The van der Waals surface area contributed by atoms with Gasteiger partial charge in [-0.15, -0.1) is 11.8 Å². The van der Waals surface area contributed by atoms with Gasteiger partial charge in [-0.1, -0.05) is 82.6 Å². The van der Waals surface area contributed by atoms with E-state index in [2.05, 4.69) is 141 Å². The highest BCUT2D eigenvalue weighted by atomic mass is 16.5. The van der Waals surface area contributed by atoms with E-state index in [9.17, 15) is 0 Å². The average Bonchev–Trinajstić information content (AvgIpc) is 3.09. The maximum Gasteiger partial charge on any atom is 0.0594 e. The Kier molecular flexibility index (Phi) is 36.7. The first-order valence-corrected chi connectivity index (χ1v) is 22.6. The van der Waals surface area contributed by atoms with E-state index in [4.69, 9.17) is 4.74 Å². The van der Waals surface area contributed by atoms with E-state index in [-0.39, 0.29) is 5.54 Å². The molecule has 3 aliphatic rings. The lowest BCUT2D eigenvalue weighted by Crippen LogP contribution is -2.44. The van der Waals surface area contributed by atoms with Gasteiger partial charge in [0.25, 0.3) is 0 Å². The number of ether oxygens (including phenoxy) is 1. The van der Waals surface area contributed by atoms with E-state index in [1.165, 1.54) is 110 Å². The lowest BCUT2D eigenvalue weighted by Gasteiger charge is -2.32. The van der Waals surface area contributed by atoms with Gasteiger partial charge in [-0.05, 0) is 142 Å². The number of rotatable bonds is 14. The highest BCUT2D eigenvalue weighted by Gasteiger charge is 2.13. The fourth-order valence-corrected chi connectivity index (χ4v) is 5.71. The van der Waals surface area contributed by atoms with E-state index < -0.39 is 0 Å². The highest BCUT2D eigenvalue weighted by Crippen LogP contribution is 2.11. The molecule has 0 radical (unpaired) electrons. The lowest BCUT2D eigenvalue weighted by atomic mass is 10.1. The normalized spacial score (nSPS) is 17.6. The van der Waals surface area contributed by atoms with Crippen LogP contribution >= 0.6 is 0 Å². The van der Waals surface area contributed by atoms with Crippen LogP contribution in [-0.2, 0) is 4.74 Å². The number of nitrogens with one attached hydrogen (secondary N) is 1. The summed E-state index contributed by atoms with van der Waals surface area (Å²) >= 11 is 0. The van der Waals surface area contributed by atoms with Crippen LogP contribution in [0.15, 0.2) is 0 Å². The number of nitrogens with zero attached hydrogens (tertiary/aromatic N) is 4. The summed E-state index contributed by atoms with van der Waals surface area (Å²) < 4.78 is 5.26. The Hall–Kier alpha value is -0.680. The molecule has 3 rings (SSSR count). The fraction of sp³-hybridized carbons (Fsp3) is 0.957. The van der Waals surface area contributed by atoms with Crippen molar-refractivity contribution in [2.75, 3.05) is 98.8 Å². The van der Waals surface area contributed by atoms with Gasteiger partial charge in [-0.3, -0.25) is 4.90 Å². The first kappa shape index (κ1) is 54.4. The Bertz CT molecular complexity index is 779. The standard InChI is InChI=1S/C10H22N2.C10H21N.C9H19NO.C9H21N.C9H16/c1-10(2)4-5-12-8-6-11(3)7-9-12;1-10(2)6-9-11-7-4-3-5-8-11;1-9(2)3-4-10-5-7-11-8-6-10;1-8(2)6-7-10-9(3,4)5;1-4-5-6-7-8-9(2)3/h10H,4-9H2,1-3H3;10H,3-9H2,1-2H3;9H,3-8H2,1-2H3;8,10H,6-7H2,1-5H3;9H,4,7-8H2,1-3H3. The Morgan fingerprint density at radius 1 is 0.528 bits per heavy atom. The zero-order valence-corrected chi connectivity index (χ0v) is 39.1. The molecule has 0 aliphatic carbocycles. The number of likely N-dealkylation sites (N-methyl/N-ethyl adjacent to an activating group) is 1. The van der Waals surface area contributed by atoms with Crippen molar-refractivity contribution in [1.29, 1.82) is 0 Å². The van der Waals surface area contributed by atoms with Crippen LogP contribution in [0.25, 0.3) is 0 Å². The summed E-state index contributed by atoms with van der Waals surface area (Å²) in [6.07, 6.45) is 13.0. The fourth-order valence-electron chi connectivity index (χ4n) is 5.71. The predicted octanol–water partition coefficient (Wildman–Crippen LogP) is 10.4. The van der Waals surface area contributed by atoms with Crippen LogP contribution in [0.5, 0.6) is 0 Å². The van der Waals surface area contributed by atoms with Gasteiger partial charge in [0, 0.05) is 57.6 Å². The summed E-state index contributed by atoms with van der Waals surface area (Å²) in [4.78, 5) is 10.1. The number of piperazine rings is 1. The van der Waals surface area contributed by atoms with Gasteiger partial charge in [0.05, 0.1) is 13.2 Å². The van der Waals surface area contributed by atoms with Crippen molar-refractivity contribution < 1.29 is 4.74 Å². The topological polar surface area (TPSA) is 34.2 Å². The van der Waals surface area contributed by atoms with Gasteiger partial charge >= 0.3 is 0 Å². The van der Waals surface area contributed by atoms with Crippen molar-refractivity contribution in [2.24, 2.45) is 29.6 Å². The summed E-state index contributed by atoms with van der Waals surface area (Å²) in [5, 5.41) is 3.45. The van der Waals surface area contributed by atoms with E-state index in [0.717, 1.165) is 75.3 Å². The molecule has 6 heteroatoms. The van der Waals surface area contributed by atoms with Gasteiger partial charge < -0.3 is 24.8 Å². The van der Waals surface area contributed by atoms with Gasteiger partial charge in [-0.25, -0.2) is 0 Å². The molecular weight excluding hydrogens is 651 g/mol. The zero-order chi connectivity index (χ0) is 40.5. The molecule has 0 unspecified atom stereocenters. The van der Waals surface area contributed by atoms with Crippen molar-refractivity contribution in [2.45, 2.75) is 167 Å². The van der Waals surface area contributed by atoms with Gasteiger partial charge in [0.1, 0.15) is 0 Å². The third-order valence-electron chi connectivity index (χ3n) is 9.74. The molecule has 318 valence electrons. The highest BCUT2D eigenvalue weighted by molar-refractivity contribution is 4.97. The second-order valence-corrected chi connectivity index (χ2v) is 19.0. The summed E-state index contributed by atoms with van der Waals surface area (Å²) in [5.41, 5.74) is 0.287. The molecule has 53 heavy (non-hydrogen) atoms. The van der Waals surface area contributed by atoms with Crippen LogP contribution in [-0.4, -0.2) is 124 Å². The third kappa shape index (κ3) is 43.9. The number of piperidine rings is 1. The van der Waals surface area contributed by atoms with Crippen molar-refractivity contribution in [1.82, 2.24) is 24.9 Å². The Morgan fingerprint density at radius 2 is 0.943 bits per heavy atom. The van der Waals surface area contributed by atoms with Crippen molar-refractivity contribution in [3.63, 3.8) is 0 Å². The van der Waals surface area contributed by atoms with Crippen molar-refractivity contribution in [3.05, 3.63) is 0 Å². The third-order valence-corrected chi connectivity index (χ3v) is 9.74. The predicted molar refractivity (Wildman–Crippen MR) is 239 cm³/mol. The quantitative estimate of drug-likeness (QED) is 0.178. The first-order valence-electron chi connectivity index (χ1n) is 22.6. The largest absolute Gasteiger partial charge is 0.379 e. The second-order valence-electron chi connectivity index (χ2n) is 19.0. The molecule has 0 amide bonds. The van der Waals surface area contributed by atoms with E-state index in [0.29, 0.717) is 0 Å². The monoisotopic (exact) mass is 750 g/mol.